The van der Waals surface area contributed by atoms with Crippen LogP contribution in [-0.2, 0) is 19.9 Å². The average molecular weight is 290 g/mol. The predicted molar refractivity (Wildman–Crippen MR) is 81.1 cm³/mol. The maximum absolute atomic E-state index is 10.4. The van der Waals surface area contributed by atoms with Crippen molar-refractivity contribution in [2.24, 2.45) is 0 Å². The van der Waals surface area contributed by atoms with E-state index in [1.54, 1.807) is 7.11 Å². The van der Waals surface area contributed by atoms with Crippen LogP contribution >= 0.6 is 0 Å². The molecule has 0 amide bonds. The second-order valence-corrected chi connectivity index (χ2v) is 5.27. The summed E-state index contributed by atoms with van der Waals surface area (Å²) in [6.45, 7) is 1.45. The Bertz CT molecular complexity index is 484. The molecule has 21 heavy (non-hydrogen) atoms. The highest BCUT2D eigenvalue weighted by atomic mass is 16.5. The lowest BCUT2D eigenvalue weighted by Gasteiger charge is -2.36. The quantitative estimate of drug-likeness (QED) is 0.874. The second kappa shape index (κ2) is 7.38. The molecule has 1 N–H and O–H groups in total. The molecule has 0 aliphatic carbocycles. The van der Waals surface area contributed by atoms with Gasteiger partial charge in [-0.15, -0.1) is 0 Å². The lowest BCUT2D eigenvalue weighted by Crippen LogP contribution is -2.35. The SMILES string of the molecule is COC1(c2ccc(C=CCCC(=O)O)cc2)CCOCC1. The van der Waals surface area contributed by atoms with E-state index in [4.69, 9.17) is 14.6 Å². The van der Waals surface area contributed by atoms with Gasteiger partial charge < -0.3 is 14.6 Å². The number of methoxy groups -OCH3 is 1. The molecule has 1 saturated heterocycles. The highest BCUT2D eigenvalue weighted by Crippen LogP contribution is 2.35. The van der Waals surface area contributed by atoms with Crippen LogP contribution in [0.25, 0.3) is 6.08 Å². The summed E-state index contributed by atoms with van der Waals surface area (Å²) in [6, 6.07) is 8.27. The van der Waals surface area contributed by atoms with Crippen molar-refractivity contribution in [3.05, 3.63) is 41.5 Å². The topological polar surface area (TPSA) is 55.8 Å². The van der Waals surface area contributed by atoms with Gasteiger partial charge in [-0.25, -0.2) is 0 Å². The van der Waals surface area contributed by atoms with Crippen molar-refractivity contribution in [1.29, 1.82) is 0 Å². The Kier molecular flexibility index (Phi) is 5.53. The molecule has 1 aliphatic rings. The monoisotopic (exact) mass is 290 g/mol. The van der Waals surface area contributed by atoms with Crippen LogP contribution in [0.4, 0.5) is 0 Å². The van der Waals surface area contributed by atoms with Crippen LogP contribution in [0, 0.1) is 0 Å². The smallest absolute Gasteiger partial charge is 0.303 e. The van der Waals surface area contributed by atoms with E-state index >= 15 is 0 Å². The van der Waals surface area contributed by atoms with Crippen LogP contribution in [0.3, 0.4) is 0 Å². The average Bonchev–Trinajstić information content (AvgIpc) is 2.52. The summed E-state index contributed by atoms with van der Waals surface area (Å²) in [5.41, 5.74) is 2.02. The first-order chi connectivity index (χ1) is 10.2. The molecule has 0 saturated carbocycles. The van der Waals surface area contributed by atoms with E-state index in [1.165, 1.54) is 5.56 Å². The molecule has 1 aromatic carbocycles. The zero-order valence-corrected chi connectivity index (χ0v) is 12.4. The number of benzene rings is 1. The van der Waals surface area contributed by atoms with E-state index in [2.05, 4.69) is 12.1 Å². The summed E-state index contributed by atoms with van der Waals surface area (Å²) in [5, 5.41) is 8.59. The molecule has 1 aliphatic heterocycles. The summed E-state index contributed by atoms with van der Waals surface area (Å²) in [5.74, 6) is -0.767. The first kappa shape index (κ1) is 15.7. The maximum atomic E-state index is 10.4. The molecule has 0 unspecified atom stereocenters. The standard InChI is InChI=1S/C17H22O4/c1-20-17(10-12-21-13-11-17)15-8-6-14(7-9-15)4-2-3-5-16(18)19/h2,4,6-9H,3,5,10-13H2,1H3,(H,18,19). The number of rotatable bonds is 6. The molecule has 0 spiro atoms. The third-order valence-corrected chi connectivity index (χ3v) is 3.96. The summed E-state index contributed by atoms with van der Waals surface area (Å²) >= 11 is 0. The molecule has 114 valence electrons. The molecule has 2 rings (SSSR count). The normalized spacial score (nSPS) is 18.0. The number of hydrogen-bond donors (Lipinski definition) is 1. The Balaban J connectivity index is 2.02. The summed E-state index contributed by atoms with van der Waals surface area (Å²) in [7, 11) is 1.75. The molecule has 0 atom stereocenters. The van der Waals surface area contributed by atoms with Crippen LogP contribution in [0.5, 0.6) is 0 Å². The molecule has 4 heteroatoms. The zero-order valence-electron chi connectivity index (χ0n) is 12.4. The largest absolute Gasteiger partial charge is 0.481 e. The van der Waals surface area contributed by atoms with Crippen molar-refractivity contribution >= 4 is 12.0 Å². The minimum atomic E-state index is -0.767. The Morgan fingerprint density at radius 1 is 1.33 bits per heavy atom. The van der Waals surface area contributed by atoms with Gasteiger partial charge in [-0.3, -0.25) is 4.79 Å². The lowest BCUT2D eigenvalue weighted by atomic mass is 9.86. The number of carbonyl (C=O) groups is 1. The first-order valence-corrected chi connectivity index (χ1v) is 7.28. The number of carboxylic acids is 1. The van der Waals surface area contributed by atoms with E-state index in [0.717, 1.165) is 31.6 Å². The van der Waals surface area contributed by atoms with E-state index in [9.17, 15) is 4.79 Å². The van der Waals surface area contributed by atoms with Crippen molar-refractivity contribution in [1.82, 2.24) is 0 Å². The first-order valence-electron chi connectivity index (χ1n) is 7.28. The molecular weight excluding hydrogens is 268 g/mol. The molecule has 0 radical (unpaired) electrons. The van der Waals surface area contributed by atoms with Gasteiger partial charge in [-0.1, -0.05) is 36.4 Å². The van der Waals surface area contributed by atoms with Gasteiger partial charge in [0.15, 0.2) is 0 Å². The van der Waals surface area contributed by atoms with Crippen molar-refractivity contribution in [2.45, 2.75) is 31.3 Å². The van der Waals surface area contributed by atoms with Crippen LogP contribution in [-0.4, -0.2) is 31.4 Å². The molecule has 0 bridgehead atoms. The number of aliphatic carboxylic acids is 1. The maximum Gasteiger partial charge on any atom is 0.303 e. The summed E-state index contributed by atoms with van der Waals surface area (Å²) in [6.07, 6.45) is 6.31. The Morgan fingerprint density at radius 2 is 2.00 bits per heavy atom. The predicted octanol–water partition coefficient (Wildman–Crippen LogP) is 3.22. The Labute approximate surface area is 125 Å². The molecule has 1 fully saturated rings. The molecular formula is C17H22O4. The third-order valence-electron chi connectivity index (χ3n) is 3.96. The Hall–Kier alpha value is -1.65. The van der Waals surface area contributed by atoms with Crippen molar-refractivity contribution in [3.8, 4) is 0 Å². The number of carboxylic acid groups (broad SMARTS) is 1. The van der Waals surface area contributed by atoms with E-state index in [0.29, 0.717) is 6.42 Å². The van der Waals surface area contributed by atoms with Crippen molar-refractivity contribution in [3.63, 3.8) is 0 Å². The van der Waals surface area contributed by atoms with Gasteiger partial charge in [-0.2, -0.15) is 0 Å². The molecule has 0 aromatic heterocycles. The zero-order chi connectivity index (χ0) is 15.1. The summed E-state index contributed by atoms with van der Waals surface area (Å²) in [4.78, 5) is 10.4. The van der Waals surface area contributed by atoms with Crippen molar-refractivity contribution < 1.29 is 19.4 Å². The highest BCUT2D eigenvalue weighted by Gasteiger charge is 2.34. The van der Waals surface area contributed by atoms with Crippen LogP contribution in [0.1, 0.15) is 36.8 Å². The van der Waals surface area contributed by atoms with E-state index in [1.807, 2.05) is 24.3 Å². The molecule has 4 nitrogen and oxygen atoms in total. The molecule has 1 aromatic rings. The molecule has 1 heterocycles. The Morgan fingerprint density at radius 3 is 2.57 bits per heavy atom. The number of ether oxygens (including phenoxy) is 2. The number of allylic oxidation sites excluding steroid dienone is 1. The lowest BCUT2D eigenvalue weighted by molar-refractivity contribution is -0.136. The van der Waals surface area contributed by atoms with Gasteiger partial charge in [0.1, 0.15) is 0 Å². The van der Waals surface area contributed by atoms with Gasteiger partial charge in [0.2, 0.25) is 0 Å². The third kappa shape index (κ3) is 4.16. The van der Waals surface area contributed by atoms with Gasteiger partial charge in [0, 0.05) is 39.6 Å². The van der Waals surface area contributed by atoms with Crippen molar-refractivity contribution in [2.75, 3.05) is 20.3 Å². The fourth-order valence-corrected chi connectivity index (χ4v) is 2.64. The van der Waals surface area contributed by atoms with Crippen LogP contribution in [0.2, 0.25) is 0 Å². The van der Waals surface area contributed by atoms with E-state index < -0.39 is 5.97 Å². The van der Waals surface area contributed by atoms with Gasteiger partial charge >= 0.3 is 5.97 Å². The highest BCUT2D eigenvalue weighted by molar-refractivity contribution is 5.67. The van der Waals surface area contributed by atoms with Gasteiger partial charge in [-0.05, 0) is 17.5 Å². The minimum Gasteiger partial charge on any atom is -0.481 e. The minimum absolute atomic E-state index is 0.168. The van der Waals surface area contributed by atoms with Gasteiger partial charge in [0.25, 0.3) is 0 Å². The number of hydrogen-bond acceptors (Lipinski definition) is 3. The second-order valence-electron chi connectivity index (χ2n) is 5.27. The summed E-state index contributed by atoms with van der Waals surface area (Å²) < 4.78 is 11.2. The van der Waals surface area contributed by atoms with Crippen LogP contribution < -0.4 is 0 Å². The fourth-order valence-electron chi connectivity index (χ4n) is 2.64. The van der Waals surface area contributed by atoms with Crippen LogP contribution in [0.15, 0.2) is 30.3 Å². The van der Waals surface area contributed by atoms with Gasteiger partial charge in [0.05, 0.1) is 5.60 Å². The fraction of sp³-hybridized carbons (Fsp3) is 0.471. The van der Waals surface area contributed by atoms with E-state index in [-0.39, 0.29) is 12.0 Å².